The van der Waals surface area contributed by atoms with Crippen molar-refractivity contribution in [3.05, 3.63) is 0 Å². The van der Waals surface area contributed by atoms with Crippen molar-refractivity contribution in [2.75, 3.05) is 6.54 Å². The monoisotopic (exact) mass is 209 g/mol. The Morgan fingerprint density at radius 1 is 1.07 bits per heavy atom. The summed E-state index contributed by atoms with van der Waals surface area (Å²) in [6.07, 6.45) is 10.2. The molecule has 0 heterocycles. The van der Waals surface area contributed by atoms with Crippen molar-refractivity contribution in [1.82, 2.24) is 5.32 Å². The molecular formula is C14H27N. The minimum atomic E-state index is 0.813. The summed E-state index contributed by atoms with van der Waals surface area (Å²) >= 11 is 0. The van der Waals surface area contributed by atoms with E-state index >= 15 is 0 Å². The first-order valence-electron chi connectivity index (χ1n) is 7.00. The summed E-state index contributed by atoms with van der Waals surface area (Å²) in [6.45, 7) is 6.11. The zero-order chi connectivity index (χ0) is 10.7. The molecule has 2 fully saturated rings. The van der Waals surface area contributed by atoms with Crippen LogP contribution in [0.25, 0.3) is 0 Å². The third-order valence-corrected chi connectivity index (χ3v) is 4.60. The van der Waals surface area contributed by atoms with Gasteiger partial charge in [0.15, 0.2) is 0 Å². The second-order valence-electron chi connectivity index (χ2n) is 5.91. The Kier molecular flexibility index (Phi) is 4.07. The molecule has 2 aliphatic carbocycles. The summed E-state index contributed by atoms with van der Waals surface area (Å²) in [4.78, 5) is 0. The van der Waals surface area contributed by atoms with Gasteiger partial charge in [-0.3, -0.25) is 0 Å². The third kappa shape index (κ3) is 3.48. The first-order chi connectivity index (χ1) is 7.27. The lowest BCUT2D eigenvalue weighted by Gasteiger charge is -2.34. The van der Waals surface area contributed by atoms with Crippen LogP contribution in [0.4, 0.5) is 0 Å². The molecule has 0 saturated heterocycles. The Morgan fingerprint density at radius 2 is 1.87 bits per heavy atom. The van der Waals surface area contributed by atoms with E-state index in [1.54, 1.807) is 0 Å². The molecule has 88 valence electrons. The molecule has 0 spiro atoms. The molecule has 3 unspecified atom stereocenters. The summed E-state index contributed by atoms with van der Waals surface area (Å²) < 4.78 is 0. The topological polar surface area (TPSA) is 12.0 Å². The van der Waals surface area contributed by atoms with Crippen LogP contribution in [0, 0.1) is 17.8 Å². The fourth-order valence-corrected chi connectivity index (χ4v) is 2.95. The van der Waals surface area contributed by atoms with Crippen LogP contribution in [0.15, 0.2) is 0 Å². The maximum absolute atomic E-state index is 3.78. The summed E-state index contributed by atoms with van der Waals surface area (Å²) in [5.41, 5.74) is 0. The van der Waals surface area contributed by atoms with Crippen molar-refractivity contribution in [2.24, 2.45) is 17.8 Å². The quantitative estimate of drug-likeness (QED) is 0.682. The van der Waals surface area contributed by atoms with E-state index in [1.165, 1.54) is 51.5 Å². The average molecular weight is 209 g/mol. The number of rotatable bonds is 5. The highest BCUT2D eigenvalue weighted by Gasteiger charge is 2.26. The van der Waals surface area contributed by atoms with E-state index in [4.69, 9.17) is 0 Å². The Morgan fingerprint density at radius 3 is 2.60 bits per heavy atom. The van der Waals surface area contributed by atoms with Gasteiger partial charge in [0.2, 0.25) is 0 Å². The van der Waals surface area contributed by atoms with Gasteiger partial charge in [0.1, 0.15) is 0 Å². The van der Waals surface area contributed by atoms with Crippen LogP contribution in [0.2, 0.25) is 0 Å². The minimum Gasteiger partial charge on any atom is -0.314 e. The molecule has 2 saturated carbocycles. The maximum Gasteiger partial charge on any atom is 0.00952 e. The molecule has 3 atom stereocenters. The van der Waals surface area contributed by atoms with E-state index in [1.807, 2.05) is 0 Å². The zero-order valence-corrected chi connectivity index (χ0v) is 10.5. The van der Waals surface area contributed by atoms with Crippen LogP contribution >= 0.6 is 0 Å². The van der Waals surface area contributed by atoms with Crippen LogP contribution in [0.5, 0.6) is 0 Å². The van der Waals surface area contributed by atoms with Gasteiger partial charge in [0.25, 0.3) is 0 Å². The Balaban J connectivity index is 1.59. The fraction of sp³-hybridized carbons (Fsp3) is 1.00. The predicted molar refractivity (Wildman–Crippen MR) is 65.9 cm³/mol. The molecule has 0 amide bonds. The normalized spacial score (nSPS) is 36.8. The van der Waals surface area contributed by atoms with Crippen LogP contribution in [-0.2, 0) is 0 Å². The second kappa shape index (κ2) is 5.34. The molecule has 1 nitrogen and oxygen atoms in total. The summed E-state index contributed by atoms with van der Waals surface area (Å²) in [5.74, 6) is 2.92. The largest absolute Gasteiger partial charge is 0.314 e. The first-order valence-corrected chi connectivity index (χ1v) is 7.00. The van der Waals surface area contributed by atoms with Gasteiger partial charge in [0.05, 0.1) is 0 Å². The Bertz CT molecular complexity index is 186. The van der Waals surface area contributed by atoms with Crippen molar-refractivity contribution in [3.63, 3.8) is 0 Å². The third-order valence-electron chi connectivity index (χ3n) is 4.60. The highest BCUT2D eigenvalue weighted by Crippen LogP contribution is 2.33. The van der Waals surface area contributed by atoms with Gasteiger partial charge in [-0.15, -0.1) is 0 Å². The molecule has 0 aromatic heterocycles. The molecule has 1 heteroatoms. The maximum atomic E-state index is 3.78. The average Bonchev–Trinajstić information content (AvgIpc) is 3.02. The van der Waals surface area contributed by atoms with Crippen LogP contribution in [0.1, 0.15) is 58.8 Å². The van der Waals surface area contributed by atoms with Crippen LogP contribution in [0.3, 0.4) is 0 Å². The molecule has 1 N–H and O–H groups in total. The minimum absolute atomic E-state index is 0.813. The lowest BCUT2D eigenvalue weighted by molar-refractivity contribution is 0.206. The van der Waals surface area contributed by atoms with Gasteiger partial charge in [-0.25, -0.2) is 0 Å². The first kappa shape index (κ1) is 11.4. The van der Waals surface area contributed by atoms with Gasteiger partial charge < -0.3 is 5.32 Å². The van der Waals surface area contributed by atoms with Gasteiger partial charge in [-0.05, 0) is 43.6 Å². The van der Waals surface area contributed by atoms with E-state index in [0.29, 0.717) is 0 Å². The summed E-state index contributed by atoms with van der Waals surface area (Å²) in [6, 6.07) is 0.813. The van der Waals surface area contributed by atoms with Gasteiger partial charge in [0, 0.05) is 6.04 Å². The number of hydrogen-bond acceptors (Lipinski definition) is 1. The molecule has 0 bridgehead atoms. The predicted octanol–water partition coefficient (Wildman–Crippen LogP) is 3.59. The SMILES string of the molecule is CC1CCCC(NCCCC2CC2)C1C. The van der Waals surface area contributed by atoms with E-state index in [2.05, 4.69) is 19.2 Å². The van der Waals surface area contributed by atoms with Gasteiger partial charge in [-0.1, -0.05) is 39.5 Å². The lowest BCUT2D eigenvalue weighted by Crippen LogP contribution is -2.41. The summed E-state index contributed by atoms with van der Waals surface area (Å²) in [7, 11) is 0. The van der Waals surface area contributed by atoms with E-state index in [9.17, 15) is 0 Å². The summed E-state index contributed by atoms with van der Waals surface area (Å²) in [5, 5.41) is 3.78. The van der Waals surface area contributed by atoms with Crippen LogP contribution in [-0.4, -0.2) is 12.6 Å². The Hall–Kier alpha value is -0.0400. The van der Waals surface area contributed by atoms with Gasteiger partial charge >= 0.3 is 0 Å². The van der Waals surface area contributed by atoms with E-state index < -0.39 is 0 Å². The number of hydrogen-bond donors (Lipinski definition) is 1. The lowest BCUT2D eigenvalue weighted by atomic mass is 9.78. The fourth-order valence-electron chi connectivity index (χ4n) is 2.95. The molecule has 2 rings (SSSR count). The molecule has 0 aromatic rings. The highest BCUT2D eigenvalue weighted by atomic mass is 14.9. The van der Waals surface area contributed by atoms with Crippen molar-refractivity contribution in [2.45, 2.75) is 64.8 Å². The molecule has 2 aliphatic rings. The number of nitrogens with one attached hydrogen (secondary N) is 1. The van der Waals surface area contributed by atoms with E-state index in [0.717, 1.165) is 23.8 Å². The molecule has 0 radical (unpaired) electrons. The van der Waals surface area contributed by atoms with Crippen molar-refractivity contribution >= 4 is 0 Å². The standard InChI is InChI=1S/C14H27N/c1-11-5-3-7-14(12(11)2)15-10-4-6-13-8-9-13/h11-15H,3-10H2,1-2H3. The zero-order valence-electron chi connectivity index (χ0n) is 10.5. The Labute approximate surface area is 95.0 Å². The van der Waals surface area contributed by atoms with Crippen molar-refractivity contribution < 1.29 is 0 Å². The molecule has 0 aliphatic heterocycles. The van der Waals surface area contributed by atoms with Crippen molar-refractivity contribution in [3.8, 4) is 0 Å². The highest BCUT2D eigenvalue weighted by molar-refractivity contribution is 4.82. The molecule has 15 heavy (non-hydrogen) atoms. The smallest absolute Gasteiger partial charge is 0.00952 e. The van der Waals surface area contributed by atoms with Crippen LogP contribution < -0.4 is 5.32 Å². The molecule has 0 aromatic carbocycles. The second-order valence-corrected chi connectivity index (χ2v) is 5.91. The van der Waals surface area contributed by atoms with Gasteiger partial charge in [-0.2, -0.15) is 0 Å². The molecular weight excluding hydrogens is 182 g/mol. The van der Waals surface area contributed by atoms with Crippen molar-refractivity contribution in [1.29, 1.82) is 0 Å². The van der Waals surface area contributed by atoms with E-state index in [-0.39, 0.29) is 0 Å².